The molecule has 0 aliphatic heterocycles. The molecule has 0 amide bonds. The highest BCUT2D eigenvalue weighted by molar-refractivity contribution is 5.66. The Morgan fingerprint density at radius 1 is 0.517 bits per heavy atom. The summed E-state index contributed by atoms with van der Waals surface area (Å²) in [6.45, 7) is 2.29. The normalized spacial score (nSPS) is 11.8. The van der Waals surface area contributed by atoms with Crippen LogP contribution in [-0.4, -0.2) is 11.1 Å². The number of unbranched alkanes of at least 4 members (excludes halogenated alkanes) is 17. The lowest BCUT2D eigenvalue weighted by atomic mass is 10.0. The molecule has 0 spiro atoms. The van der Waals surface area contributed by atoms with Crippen LogP contribution in [0.1, 0.15) is 142 Å². The zero-order valence-electron chi connectivity index (χ0n) is 19.5. The van der Waals surface area contributed by atoms with E-state index in [1.54, 1.807) is 0 Å². The van der Waals surface area contributed by atoms with E-state index in [0.29, 0.717) is 0 Å². The largest absolute Gasteiger partial charge is 0.481 e. The van der Waals surface area contributed by atoms with E-state index < -0.39 is 5.97 Å². The number of rotatable bonds is 23. The van der Waals surface area contributed by atoms with E-state index in [1.807, 2.05) is 0 Å². The Bertz CT molecular complexity index is 384. The van der Waals surface area contributed by atoms with Gasteiger partial charge >= 0.3 is 5.97 Å². The minimum Gasteiger partial charge on any atom is -0.481 e. The maximum Gasteiger partial charge on any atom is 0.303 e. The van der Waals surface area contributed by atoms with Crippen LogP contribution in [-0.2, 0) is 4.79 Å². The second-order valence-corrected chi connectivity index (χ2v) is 8.54. The molecule has 0 radical (unpaired) electrons. The highest BCUT2D eigenvalue weighted by atomic mass is 16.4. The minimum atomic E-state index is -0.694. The van der Waals surface area contributed by atoms with Crippen molar-refractivity contribution in [3.05, 3.63) is 24.3 Å². The lowest BCUT2D eigenvalue weighted by Crippen LogP contribution is -1.92. The molecule has 2 nitrogen and oxygen atoms in total. The molecule has 29 heavy (non-hydrogen) atoms. The molecular formula is C27H50O2. The van der Waals surface area contributed by atoms with Crippen molar-refractivity contribution in [2.75, 3.05) is 0 Å². The van der Waals surface area contributed by atoms with Gasteiger partial charge in [-0.25, -0.2) is 0 Å². The number of carboxylic acids is 1. The average Bonchev–Trinajstić information content (AvgIpc) is 2.71. The van der Waals surface area contributed by atoms with Crippen molar-refractivity contribution in [3.63, 3.8) is 0 Å². The van der Waals surface area contributed by atoms with Crippen LogP contribution in [0.3, 0.4) is 0 Å². The van der Waals surface area contributed by atoms with Gasteiger partial charge in [-0.15, -0.1) is 0 Å². The van der Waals surface area contributed by atoms with Crippen LogP contribution < -0.4 is 0 Å². The molecule has 0 unspecified atom stereocenters. The van der Waals surface area contributed by atoms with Crippen LogP contribution in [0.2, 0.25) is 0 Å². The van der Waals surface area contributed by atoms with Crippen molar-refractivity contribution in [2.45, 2.75) is 142 Å². The maximum absolute atomic E-state index is 10.4. The zero-order valence-corrected chi connectivity index (χ0v) is 19.5. The first kappa shape index (κ1) is 27.9. The summed E-state index contributed by atoms with van der Waals surface area (Å²) in [7, 11) is 0. The Labute approximate surface area is 182 Å². The highest BCUT2D eigenvalue weighted by Gasteiger charge is 1.94. The Balaban J connectivity index is 3.13. The van der Waals surface area contributed by atoms with Gasteiger partial charge in [0.15, 0.2) is 0 Å². The summed E-state index contributed by atoms with van der Waals surface area (Å²) in [5.74, 6) is -0.694. The molecule has 0 atom stereocenters. The summed E-state index contributed by atoms with van der Waals surface area (Å²) in [5, 5.41) is 8.56. The molecule has 0 aromatic rings. The minimum absolute atomic E-state index is 0.281. The highest BCUT2D eigenvalue weighted by Crippen LogP contribution is 2.13. The monoisotopic (exact) mass is 406 g/mol. The number of allylic oxidation sites excluding steroid dienone is 4. The van der Waals surface area contributed by atoms with Gasteiger partial charge in [0.25, 0.3) is 0 Å². The van der Waals surface area contributed by atoms with Gasteiger partial charge in [-0.3, -0.25) is 4.79 Å². The van der Waals surface area contributed by atoms with Gasteiger partial charge in [0, 0.05) is 6.42 Å². The standard InChI is InChI=1S/C27H50O2/c1-2-3-4-5-6-7-8-9-10-11-12-13-14-15-16-17-18-19-20-21-22-23-24-25-26-27(28)29/h18-19,22-23H,2-17,20-21,24-26H2,1H3,(H,28,29)/b19-18+,23-22+. The predicted octanol–water partition coefficient (Wildman–Crippen LogP) is 9.40. The van der Waals surface area contributed by atoms with E-state index in [2.05, 4.69) is 31.2 Å². The Hall–Kier alpha value is -1.05. The fourth-order valence-corrected chi connectivity index (χ4v) is 3.67. The third-order valence-electron chi connectivity index (χ3n) is 5.57. The second kappa shape index (κ2) is 25.0. The molecule has 0 bridgehead atoms. The van der Waals surface area contributed by atoms with Crippen molar-refractivity contribution in [3.8, 4) is 0 Å². The molecule has 0 rings (SSSR count). The lowest BCUT2D eigenvalue weighted by molar-refractivity contribution is -0.137. The van der Waals surface area contributed by atoms with Gasteiger partial charge in [-0.2, -0.15) is 0 Å². The summed E-state index contributed by atoms with van der Waals surface area (Å²) < 4.78 is 0. The van der Waals surface area contributed by atoms with Crippen LogP contribution in [0.4, 0.5) is 0 Å². The molecule has 0 heterocycles. The van der Waals surface area contributed by atoms with Crippen molar-refractivity contribution in [1.82, 2.24) is 0 Å². The molecule has 0 saturated carbocycles. The van der Waals surface area contributed by atoms with Gasteiger partial charge in [-0.05, 0) is 38.5 Å². The van der Waals surface area contributed by atoms with Crippen molar-refractivity contribution in [2.24, 2.45) is 0 Å². The van der Waals surface area contributed by atoms with Gasteiger partial charge in [0.1, 0.15) is 0 Å². The number of hydrogen-bond acceptors (Lipinski definition) is 1. The molecule has 1 N–H and O–H groups in total. The lowest BCUT2D eigenvalue weighted by Gasteiger charge is -2.03. The quantitative estimate of drug-likeness (QED) is 0.135. The number of carbonyl (C=O) groups is 1. The molecular weight excluding hydrogens is 356 g/mol. The van der Waals surface area contributed by atoms with Gasteiger partial charge < -0.3 is 5.11 Å². The van der Waals surface area contributed by atoms with Crippen LogP contribution in [0.25, 0.3) is 0 Å². The second-order valence-electron chi connectivity index (χ2n) is 8.54. The fourth-order valence-electron chi connectivity index (χ4n) is 3.67. The molecule has 0 aromatic carbocycles. The van der Waals surface area contributed by atoms with Crippen molar-refractivity contribution in [1.29, 1.82) is 0 Å². The first-order valence-electron chi connectivity index (χ1n) is 12.8. The van der Waals surface area contributed by atoms with Gasteiger partial charge in [0.2, 0.25) is 0 Å². The SMILES string of the molecule is CCCCCCCCCCCCCCCCC/C=C/CC/C=C/CCCC(=O)O. The van der Waals surface area contributed by atoms with Crippen molar-refractivity contribution < 1.29 is 9.90 Å². The van der Waals surface area contributed by atoms with E-state index in [1.165, 1.54) is 103 Å². The third-order valence-corrected chi connectivity index (χ3v) is 5.57. The Morgan fingerprint density at radius 2 is 0.862 bits per heavy atom. The summed E-state index contributed by atoms with van der Waals surface area (Å²) in [6, 6.07) is 0. The molecule has 0 aliphatic rings. The van der Waals surface area contributed by atoms with E-state index in [4.69, 9.17) is 5.11 Å². The number of carboxylic acid groups (broad SMARTS) is 1. The number of aliphatic carboxylic acids is 1. The van der Waals surface area contributed by atoms with Crippen LogP contribution in [0.5, 0.6) is 0 Å². The Kier molecular flexibility index (Phi) is 24.1. The van der Waals surface area contributed by atoms with E-state index in [-0.39, 0.29) is 6.42 Å². The fraction of sp³-hybridized carbons (Fsp3) is 0.815. The summed E-state index contributed by atoms with van der Waals surface area (Å²) in [5.41, 5.74) is 0. The summed E-state index contributed by atoms with van der Waals surface area (Å²) in [6.07, 6.45) is 35.6. The van der Waals surface area contributed by atoms with Gasteiger partial charge in [0.05, 0.1) is 0 Å². The molecule has 0 aliphatic carbocycles. The molecule has 0 fully saturated rings. The molecule has 0 aromatic heterocycles. The summed E-state index contributed by atoms with van der Waals surface area (Å²) in [4.78, 5) is 10.4. The predicted molar refractivity (Wildman–Crippen MR) is 129 cm³/mol. The maximum atomic E-state index is 10.4. The molecule has 170 valence electrons. The first-order valence-corrected chi connectivity index (χ1v) is 12.8. The Morgan fingerprint density at radius 3 is 1.28 bits per heavy atom. The van der Waals surface area contributed by atoms with E-state index in [9.17, 15) is 4.79 Å². The average molecular weight is 407 g/mol. The van der Waals surface area contributed by atoms with Crippen molar-refractivity contribution >= 4 is 5.97 Å². The van der Waals surface area contributed by atoms with Crippen LogP contribution in [0, 0.1) is 0 Å². The van der Waals surface area contributed by atoms with Crippen LogP contribution >= 0.6 is 0 Å². The molecule has 2 heteroatoms. The van der Waals surface area contributed by atoms with Crippen LogP contribution in [0.15, 0.2) is 24.3 Å². The smallest absolute Gasteiger partial charge is 0.303 e. The number of hydrogen-bond donors (Lipinski definition) is 1. The summed E-state index contributed by atoms with van der Waals surface area (Å²) >= 11 is 0. The topological polar surface area (TPSA) is 37.3 Å². The zero-order chi connectivity index (χ0) is 21.3. The van der Waals surface area contributed by atoms with E-state index >= 15 is 0 Å². The molecule has 0 saturated heterocycles. The third kappa shape index (κ3) is 26.9. The van der Waals surface area contributed by atoms with E-state index in [0.717, 1.165) is 25.7 Å². The first-order chi connectivity index (χ1) is 14.3. The van der Waals surface area contributed by atoms with Gasteiger partial charge in [-0.1, -0.05) is 121 Å².